The van der Waals surface area contributed by atoms with Crippen LogP contribution in [0, 0.1) is 5.82 Å². The molecule has 4 heteroatoms. The second-order valence-corrected chi connectivity index (χ2v) is 4.31. The van der Waals surface area contributed by atoms with Gasteiger partial charge < -0.3 is 10.1 Å². The fourth-order valence-corrected chi connectivity index (χ4v) is 1.74. The van der Waals surface area contributed by atoms with E-state index in [0.29, 0.717) is 17.9 Å². The molecule has 0 saturated heterocycles. The Labute approximate surface area is 123 Å². The Kier molecular flexibility index (Phi) is 5.10. The predicted octanol–water partition coefficient (Wildman–Crippen LogP) is 4.03. The van der Waals surface area contributed by atoms with Gasteiger partial charge in [-0.1, -0.05) is 0 Å². The maximum absolute atomic E-state index is 12.7. The highest BCUT2D eigenvalue weighted by Crippen LogP contribution is 2.13. The zero-order valence-corrected chi connectivity index (χ0v) is 11.7. The highest BCUT2D eigenvalue weighted by atomic mass is 19.1. The summed E-state index contributed by atoms with van der Waals surface area (Å²) >= 11 is 0. The molecular formula is C17H16FNO2. The first-order chi connectivity index (χ1) is 10.2. The summed E-state index contributed by atoms with van der Waals surface area (Å²) in [6, 6.07) is 12.9. The molecule has 0 atom stereocenters. The molecule has 0 fully saturated rings. The van der Waals surface area contributed by atoms with Crippen LogP contribution in [0.2, 0.25) is 0 Å². The standard InChI is InChI=1S/C17H16FNO2/c1-2-21-16-9-3-13(4-10-16)17(20)11-12-19-15-7-5-14(18)6-8-15/h3-12,19H,2H2,1H3/b12-11+. The van der Waals surface area contributed by atoms with Gasteiger partial charge in [0, 0.05) is 23.5 Å². The molecule has 0 heterocycles. The number of allylic oxidation sites excluding steroid dienone is 1. The largest absolute Gasteiger partial charge is 0.494 e. The molecule has 2 aromatic rings. The Morgan fingerprint density at radius 2 is 1.81 bits per heavy atom. The van der Waals surface area contributed by atoms with E-state index in [1.807, 2.05) is 6.92 Å². The second-order valence-electron chi connectivity index (χ2n) is 4.31. The van der Waals surface area contributed by atoms with Gasteiger partial charge in [-0.15, -0.1) is 0 Å². The van der Waals surface area contributed by atoms with Crippen LogP contribution in [0.3, 0.4) is 0 Å². The summed E-state index contributed by atoms with van der Waals surface area (Å²) in [5, 5.41) is 2.91. The minimum Gasteiger partial charge on any atom is -0.494 e. The van der Waals surface area contributed by atoms with Crippen molar-refractivity contribution in [2.75, 3.05) is 11.9 Å². The zero-order chi connectivity index (χ0) is 15.1. The third kappa shape index (κ3) is 4.45. The summed E-state index contributed by atoms with van der Waals surface area (Å²) in [5.41, 5.74) is 1.29. The summed E-state index contributed by atoms with van der Waals surface area (Å²) in [5.74, 6) is 0.324. The average Bonchev–Trinajstić information content (AvgIpc) is 2.50. The maximum atomic E-state index is 12.7. The molecule has 0 radical (unpaired) electrons. The molecule has 0 bridgehead atoms. The van der Waals surface area contributed by atoms with Crippen LogP contribution in [-0.2, 0) is 0 Å². The van der Waals surface area contributed by atoms with Crippen LogP contribution in [0.15, 0.2) is 60.8 Å². The van der Waals surface area contributed by atoms with E-state index < -0.39 is 0 Å². The Morgan fingerprint density at radius 3 is 2.43 bits per heavy atom. The molecule has 0 aliphatic carbocycles. The van der Waals surface area contributed by atoms with Crippen molar-refractivity contribution in [2.45, 2.75) is 6.92 Å². The number of nitrogens with one attached hydrogen (secondary N) is 1. The molecular weight excluding hydrogens is 269 g/mol. The number of anilines is 1. The van der Waals surface area contributed by atoms with E-state index in [2.05, 4.69) is 5.32 Å². The van der Waals surface area contributed by atoms with Gasteiger partial charge >= 0.3 is 0 Å². The summed E-state index contributed by atoms with van der Waals surface area (Å²) in [7, 11) is 0. The summed E-state index contributed by atoms with van der Waals surface area (Å²) in [4.78, 5) is 11.9. The van der Waals surface area contributed by atoms with E-state index in [-0.39, 0.29) is 11.6 Å². The summed E-state index contributed by atoms with van der Waals surface area (Å²) in [6.45, 7) is 2.50. The van der Waals surface area contributed by atoms with Gasteiger partial charge in [-0.2, -0.15) is 0 Å². The third-order valence-electron chi connectivity index (χ3n) is 2.78. The molecule has 0 unspecified atom stereocenters. The van der Waals surface area contributed by atoms with Gasteiger partial charge in [-0.25, -0.2) is 4.39 Å². The van der Waals surface area contributed by atoms with E-state index in [0.717, 1.165) is 5.75 Å². The van der Waals surface area contributed by atoms with E-state index in [9.17, 15) is 9.18 Å². The van der Waals surface area contributed by atoms with E-state index >= 15 is 0 Å². The third-order valence-corrected chi connectivity index (χ3v) is 2.78. The number of benzene rings is 2. The Bertz CT molecular complexity index is 618. The molecule has 0 amide bonds. The monoisotopic (exact) mass is 285 g/mol. The second kappa shape index (κ2) is 7.24. The van der Waals surface area contributed by atoms with Gasteiger partial charge in [0.25, 0.3) is 0 Å². The molecule has 2 rings (SSSR count). The number of ketones is 1. The number of carbonyl (C=O) groups is 1. The highest BCUT2D eigenvalue weighted by Gasteiger charge is 2.01. The molecule has 0 aliphatic heterocycles. The van der Waals surface area contributed by atoms with E-state index in [1.165, 1.54) is 24.4 Å². The highest BCUT2D eigenvalue weighted by molar-refractivity contribution is 6.04. The van der Waals surface area contributed by atoms with Crippen molar-refractivity contribution in [3.8, 4) is 5.75 Å². The summed E-state index contributed by atoms with van der Waals surface area (Å²) in [6.07, 6.45) is 2.96. The van der Waals surface area contributed by atoms with E-state index in [1.54, 1.807) is 36.4 Å². The van der Waals surface area contributed by atoms with Crippen LogP contribution in [0.5, 0.6) is 5.75 Å². The first kappa shape index (κ1) is 14.8. The van der Waals surface area contributed by atoms with Crippen LogP contribution >= 0.6 is 0 Å². The summed E-state index contributed by atoms with van der Waals surface area (Å²) < 4.78 is 18.1. The van der Waals surface area contributed by atoms with Crippen LogP contribution < -0.4 is 10.1 Å². The first-order valence-corrected chi connectivity index (χ1v) is 6.65. The first-order valence-electron chi connectivity index (χ1n) is 6.65. The van der Waals surface area contributed by atoms with Crippen molar-refractivity contribution in [1.82, 2.24) is 0 Å². The fraction of sp³-hybridized carbons (Fsp3) is 0.118. The quantitative estimate of drug-likeness (QED) is 0.643. The molecule has 3 nitrogen and oxygen atoms in total. The lowest BCUT2D eigenvalue weighted by molar-refractivity contribution is 0.104. The van der Waals surface area contributed by atoms with Gasteiger partial charge in [0.15, 0.2) is 5.78 Å². The molecule has 2 aromatic carbocycles. The molecule has 0 saturated carbocycles. The van der Waals surface area contributed by atoms with Gasteiger partial charge in [0.05, 0.1) is 6.61 Å². The van der Waals surface area contributed by atoms with Crippen LogP contribution in [0.1, 0.15) is 17.3 Å². The van der Waals surface area contributed by atoms with Crippen molar-refractivity contribution < 1.29 is 13.9 Å². The van der Waals surface area contributed by atoms with E-state index in [4.69, 9.17) is 4.74 Å². The molecule has 0 aliphatic rings. The van der Waals surface area contributed by atoms with Crippen molar-refractivity contribution in [2.24, 2.45) is 0 Å². The number of rotatable bonds is 6. The Hall–Kier alpha value is -2.62. The van der Waals surface area contributed by atoms with Crippen molar-refractivity contribution in [3.63, 3.8) is 0 Å². The molecule has 1 N–H and O–H groups in total. The molecule has 21 heavy (non-hydrogen) atoms. The maximum Gasteiger partial charge on any atom is 0.187 e. The van der Waals surface area contributed by atoms with Gasteiger partial charge in [0.1, 0.15) is 11.6 Å². The lowest BCUT2D eigenvalue weighted by atomic mass is 10.1. The smallest absolute Gasteiger partial charge is 0.187 e. The lowest BCUT2D eigenvalue weighted by Gasteiger charge is -2.03. The number of hydrogen-bond acceptors (Lipinski definition) is 3. The lowest BCUT2D eigenvalue weighted by Crippen LogP contribution is -1.97. The van der Waals surface area contributed by atoms with Crippen molar-refractivity contribution >= 4 is 11.5 Å². The minimum absolute atomic E-state index is 0.118. The number of carbonyl (C=O) groups excluding carboxylic acids is 1. The van der Waals surface area contributed by atoms with Gasteiger partial charge in [-0.05, 0) is 55.5 Å². The number of hydrogen-bond donors (Lipinski definition) is 1. The Morgan fingerprint density at radius 1 is 1.14 bits per heavy atom. The fourth-order valence-electron chi connectivity index (χ4n) is 1.74. The van der Waals surface area contributed by atoms with Crippen molar-refractivity contribution in [3.05, 3.63) is 72.2 Å². The zero-order valence-electron chi connectivity index (χ0n) is 11.7. The van der Waals surface area contributed by atoms with Crippen LogP contribution in [-0.4, -0.2) is 12.4 Å². The topological polar surface area (TPSA) is 38.3 Å². The van der Waals surface area contributed by atoms with Crippen LogP contribution in [0.4, 0.5) is 10.1 Å². The normalized spacial score (nSPS) is 10.6. The predicted molar refractivity (Wildman–Crippen MR) is 81.1 cm³/mol. The number of ether oxygens (including phenoxy) is 1. The van der Waals surface area contributed by atoms with Gasteiger partial charge in [0.2, 0.25) is 0 Å². The molecule has 0 spiro atoms. The van der Waals surface area contributed by atoms with Crippen LogP contribution in [0.25, 0.3) is 0 Å². The molecule has 108 valence electrons. The Balaban J connectivity index is 1.94. The molecule has 0 aromatic heterocycles. The van der Waals surface area contributed by atoms with Crippen molar-refractivity contribution in [1.29, 1.82) is 0 Å². The SMILES string of the molecule is CCOc1ccc(C(=O)/C=C/Nc2ccc(F)cc2)cc1. The van der Waals surface area contributed by atoms with Gasteiger partial charge in [-0.3, -0.25) is 4.79 Å². The average molecular weight is 285 g/mol. The number of halogens is 1. The minimum atomic E-state index is -0.296.